The maximum atomic E-state index is 5.88. The van der Waals surface area contributed by atoms with Gasteiger partial charge in [0.15, 0.2) is 5.96 Å². The number of rotatable bonds is 10. The average Bonchev–Trinajstić information content (AvgIpc) is 3.16. The van der Waals surface area contributed by atoms with E-state index < -0.39 is 0 Å². The summed E-state index contributed by atoms with van der Waals surface area (Å²) in [6.07, 6.45) is 5.52. The van der Waals surface area contributed by atoms with Crippen LogP contribution in [0.5, 0.6) is 5.75 Å². The number of nitrogens with one attached hydrogen (secondary N) is 2. The fourth-order valence-corrected chi connectivity index (χ4v) is 2.42. The van der Waals surface area contributed by atoms with E-state index in [-0.39, 0.29) is 24.0 Å². The van der Waals surface area contributed by atoms with Crippen molar-refractivity contribution in [1.82, 2.24) is 20.2 Å². The topological polar surface area (TPSA) is 72.7 Å². The van der Waals surface area contributed by atoms with Gasteiger partial charge >= 0.3 is 0 Å². The van der Waals surface area contributed by atoms with Crippen molar-refractivity contribution in [1.29, 1.82) is 0 Å². The Bertz CT molecular complexity index is 677. The van der Waals surface area contributed by atoms with E-state index in [9.17, 15) is 0 Å². The van der Waals surface area contributed by atoms with Gasteiger partial charge in [-0.3, -0.25) is 4.99 Å². The molecule has 0 amide bonds. The number of ether oxygens (including phenoxy) is 2. The Kier molecular flexibility index (Phi) is 11.5. The van der Waals surface area contributed by atoms with Crippen molar-refractivity contribution in [2.45, 2.75) is 26.9 Å². The molecular weight excluding hydrogens is 457 g/mol. The number of hydrogen-bond acceptors (Lipinski definition) is 4. The fourth-order valence-electron chi connectivity index (χ4n) is 2.42. The Hall–Kier alpha value is -1.81. The summed E-state index contributed by atoms with van der Waals surface area (Å²) in [6, 6.07) is 6.22. The molecule has 8 heteroatoms. The lowest BCUT2D eigenvalue weighted by molar-refractivity contribution is 0.110. The van der Waals surface area contributed by atoms with Gasteiger partial charge in [0, 0.05) is 51.2 Å². The number of halogens is 1. The highest BCUT2D eigenvalue weighted by atomic mass is 127. The molecule has 0 aliphatic rings. The van der Waals surface area contributed by atoms with E-state index in [1.165, 1.54) is 5.56 Å². The van der Waals surface area contributed by atoms with E-state index in [0.717, 1.165) is 30.4 Å². The Balaban J connectivity index is 0.00000364. The third kappa shape index (κ3) is 8.61. The first-order chi connectivity index (χ1) is 12.7. The highest BCUT2D eigenvalue weighted by Crippen LogP contribution is 2.20. The summed E-state index contributed by atoms with van der Waals surface area (Å²) in [5.74, 6) is 1.64. The second-order valence-electron chi connectivity index (χ2n) is 5.81. The van der Waals surface area contributed by atoms with Gasteiger partial charge in [0.2, 0.25) is 0 Å². The highest BCUT2D eigenvalue weighted by molar-refractivity contribution is 14.0. The van der Waals surface area contributed by atoms with E-state index in [1.54, 1.807) is 19.6 Å². The SMILES string of the molecule is CCOCCOc1cc(C)ccc1CNC(=NC)NCCn1ccnc1.I. The third-order valence-corrected chi connectivity index (χ3v) is 3.80. The van der Waals surface area contributed by atoms with Crippen LogP contribution >= 0.6 is 24.0 Å². The van der Waals surface area contributed by atoms with Gasteiger partial charge in [-0.15, -0.1) is 24.0 Å². The number of guanidine groups is 1. The molecule has 0 radical (unpaired) electrons. The van der Waals surface area contributed by atoms with Crippen molar-refractivity contribution in [3.05, 3.63) is 48.0 Å². The van der Waals surface area contributed by atoms with Crippen molar-refractivity contribution in [2.24, 2.45) is 4.99 Å². The van der Waals surface area contributed by atoms with Crippen molar-refractivity contribution in [3.8, 4) is 5.75 Å². The van der Waals surface area contributed by atoms with Crippen molar-refractivity contribution in [3.63, 3.8) is 0 Å². The van der Waals surface area contributed by atoms with E-state index in [4.69, 9.17) is 9.47 Å². The van der Waals surface area contributed by atoms with E-state index in [0.29, 0.717) is 26.4 Å². The van der Waals surface area contributed by atoms with Gasteiger partial charge in [0.25, 0.3) is 0 Å². The molecule has 2 rings (SSSR count). The van der Waals surface area contributed by atoms with Crippen LogP contribution in [-0.4, -0.2) is 48.9 Å². The number of aromatic nitrogens is 2. The molecule has 2 N–H and O–H groups in total. The zero-order valence-corrected chi connectivity index (χ0v) is 18.6. The van der Waals surface area contributed by atoms with Gasteiger partial charge in [-0.2, -0.15) is 0 Å². The largest absolute Gasteiger partial charge is 0.491 e. The quantitative estimate of drug-likeness (QED) is 0.233. The fraction of sp³-hybridized carbons (Fsp3) is 0.474. The molecule has 0 unspecified atom stereocenters. The summed E-state index contributed by atoms with van der Waals surface area (Å²) in [5.41, 5.74) is 2.26. The molecule has 0 saturated carbocycles. The molecule has 0 bridgehead atoms. The molecule has 1 aromatic carbocycles. The lowest BCUT2D eigenvalue weighted by Gasteiger charge is -2.15. The van der Waals surface area contributed by atoms with Crippen LogP contribution in [0.2, 0.25) is 0 Å². The molecule has 0 spiro atoms. The Morgan fingerprint density at radius 2 is 2.11 bits per heavy atom. The molecule has 0 fully saturated rings. The minimum absolute atomic E-state index is 0. The van der Waals surface area contributed by atoms with Crippen LogP contribution in [-0.2, 0) is 17.8 Å². The normalized spacial score (nSPS) is 11.0. The summed E-state index contributed by atoms with van der Waals surface area (Å²) in [5, 5.41) is 6.63. The number of aliphatic imine (C=N–C) groups is 1. The molecule has 1 heterocycles. The van der Waals surface area contributed by atoms with Crippen molar-refractivity contribution < 1.29 is 9.47 Å². The van der Waals surface area contributed by atoms with Crippen LogP contribution < -0.4 is 15.4 Å². The van der Waals surface area contributed by atoms with E-state index >= 15 is 0 Å². The van der Waals surface area contributed by atoms with Crippen LogP contribution in [0.4, 0.5) is 0 Å². The zero-order valence-electron chi connectivity index (χ0n) is 16.3. The summed E-state index contributed by atoms with van der Waals surface area (Å²) in [6.45, 7) is 8.11. The molecular formula is C19H30IN5O2. The molecule has 150 valence electrons. The summed E-state index contributed by atoms with van der Waals surface area (Å²) in [4.78, 5) is 8.30. The van der Waals surface area contributed by atoms with Gasteiger partial charge in [-0.1, -0.05) is 12.1 Å². The van der Waals surface area contributed by atoms with Crippen LogP contribution in [0.25, 0.3) is 0 Å². The molecule has 0 saturated heterocycles. The first-order valence-corrected chi connectivity index (χ1v) is 8.93. The number of benzene rings is 1. The summed E-state index contributed by atoms with van der Waals surface area (Å²) < 4.78 is 13.2. The van der Waals surface area contributed by atoms with Gasteiger partial charge in [0.1, 0.15) is 12.4 Å². The monoisotopic (exact) mass is 487 g/mol. The molecule has 7 nitrogen and oxygen atoms in total. The van der Waals surface area contributed by atoms with Crippen LogP contribution in [0.3, 0.4) is 0 Å². The van der Waals surface area contributed by atoms with Gasteiger partial charge in [-0.05, 0) is 25.5 Å². The van der Waals surface area contributed by atoms with Crippen molar-refractivity contribution >= 4 is 29.9 Å². The predicted molar refractivity (Wildman–Crippen MR) is 119 cm³/mol. The van der Waals surface area contributed by atoms with Crippen LogP contribution in [0.1, 0.15) is 18.1 Å². The van der Waals surface area contributed by atoms with Gasteiger partial charge < -0.3 is 24.7 Å². The average molecular weight is 487 g/mol. The number of nitrogens with zero attached hydrogens (tertiary/aromatic N) is 3. The molecule has 27 heavy (non-hydrogen) atoms. The zero-order chi connectivity index (χ0) is 18.6. The third-order valence-electron chi connectivity index (χ3n) is 3.80. The summed E-state index contributed by atoms with van der Waals surface area (Å²) >= 11 is 0. The molecule has 0 aliphatic heterocycles. The Morgan fingerprint density at radius 1 is 1.26 bits per heavy atom. The first kappa shape index (κ1) is 23.2. The second-order valence-corrected chi connectivity index (χ2v) is 5.81. The van der Waals surface area contributed by atoms with E-state index in [2.05, 4.69) is 45.7 Å². The number of imidazole rings is 1. The van der Waals surface area contributed by atoms with E-state index in [1.807, 2.05) is 17.7 Å². The number of hydrogen-bond donors (Lipinski definition) is 2. The lowest BCUT2D eigenvalue weighted by atomic mass is 10.1. The van der Waals surface area contributed by atoms with Crippen LogP contribution in [0, 0.1) is 6.92 Å². The maximum Gasteiger partial charge on any atom is 0.191 e. The minimum Gasteiger partial charge on any atom is -0.491 e. The van der Waals surface area contributed by atoms with Crippen molar-refractivity contribution in [2.75, 3.05) is 33.4 Å². The smallest absolute Gasteiger partial charge is 0.191 e. The lowest BCUT2D eigenvalue weighted by Crippen LogP contribution is -2.38. The Labute approximate surface area is 178 Å². The molecule has 0 atom stereocenters. The number of aryl methyl sites for hydroxylation is 1. The molecule has 0 aliphatic carbocycles. The standard InChI is InChI=1S/C19H29N5O2.HI/c1-4-25-11-12-26-18-13-16(2)5-6-17(18)14-23-19(20-3)22-8-10-24-9-7-21-15-24;/h5-7,9,13,15H,4,8,10-12,14H2,1-3H3,(H2,20,22,23);1H. The summed E-state index contributed by atoms with van der Waals surface area (Å²) in [7, 11) is 1.77. The van der Waals surface area contributed by atoms with Gasteiger partial charge in [0.05, 0.1) is 12.9 Å². The van der Waals surface area contributed by atoms with Gasteiger partial charge in [-0.25, -0.2) is 4.98 Å². The molecule has 2 aromatic rings. The van der Waals surface area contributed by atoms with Crippen LogP contribution in [0.15, 0.2) is 41.9 Å². The maximum absolute atomic E-state index is 5.88. The minimum atomic E-state index is 0. The second kappa shape index (κ2) is 13.4. The first-order valence-electron chi connectivity index (χ1n) is 8.93. The predicted octanol–water partition coefficient (Wildman–Crippen LogP) is 2.59. The molecule has 1 aromatic heterocycles. The highest BCUT2D eigenvalue weighted by Gasteiger charge is 2.06. The Morgan fingerprint density at radius 3 is 2.81 bits per heavy atom.